The van der Waals surface area contributed by atoms with E-state index in [1.807, 2.05) is 25.1 Å². The van der Waals surface area contributed by atoms with Crippen molar-refractivity contribution >= 4 is 0 Å². The summed E-state index contributed by atoms with van der Waals surface area (Å²) >= 11 is 0. The van der Waals surface area contributed by atoms with Gasteiger partial charge in [-0.25, -0.2) is 0 Å². The molecule has 0 saturated carbocycles. The number of aromatic nitrogens is 2. The molecule has 1 aromatic heterocycles. The van der Waals surface area contributed by atoms with Crippen LogP contribution in [0.2, 0.25) is 0 Å². The molecule has 0 aliphatic rings. The lowest BCUT2D eigenvalue weighted by Crippen LogP contribution is -2.21. The summed E-state index contributed by atoms with van der Waals surface area (Å²) in [6.45, 7) is 6.15. The Kier molecular flexibility index (Phi) is 3.48. The molecule has 0 unspecified atom stereocenters. The second-order valence-electron chi connectivity index (χ2n) is 4.96. The Bertz CT molecular complexity index is 505. The first-order valence-corrected chi connectivity index (χ1v) is 6.21. The van der Waals surface area contributed by atoms with Crippen LogP contribution in [0.15, 0.2) is 34.9 Å². The SMILES string of the molecule is CC[C@@H](N)c1nc(C(C)(C)c2ccccc2)no1. The van der Waals surface area contributed by atoms with E-state index in [1.54, 1.807) is 0 Å². The summed E-state index contributed by atoms with van der Waals surface area (Å²) in [5, 5.41) is 4.07. The average molecular weight is 245 g/mol. The Morgan fingerprint density at radius 3 is 2.56 bits per heavy atom. The average Bonchev–Trinajstić information content (AvgIpc) is 2.89. The van der Waals surface area contributed by atoms with Crippen LogP contribution in [0.4, 0.5) is 0 Å². The van der Waals surface area contributed by atoms with E-state index in [0.717, 1.165) is 12.0 Å². The molecule has 0 fully saturated rings. The fourth-order valence-corrected chi connectivity index (χ4v) is 1.80. The molecule has 0 amide bonds. The third kappa shape index (κ3) is 2.29. The highest BCUT2D eigenvalue weighted by Crippen LogP contribution is 2.29. The number of nitrogens with zero attached hydrogens (tertiary/aromatic N) is 2. The van der Waals surface area contributed by atoms with Crippen molar-refractivity contribution in [3.05, 3.63) is 47.6 Å². The van der Waals surface area contributed by atoms with Crippen LogP contribution in [0.1, 0.15) is 50.5 Å². The Balaban J connectivity index is 2.33. The molecule has 1 atom stereocenters. The zero-order valence-corrected chi connectivity index (χ0v) is 11.1. The molecule has 0 radical (unpaired) electrons. The summed E-state index contributed by atoms with van der Waals surface area (Å²) in [6, 6.07) is 9.96. The fraction of sp³-hybridized carbons (Fsp3) is 0.429. The van der Waals surface area contributed by atoms with Gasteiger partial charge in [-0.05, 0) is 25.8 Å². The number of benzene rings is 1. The van der Waals surface area contributed by atoms with Crippen LogP contribution in [-0.4, -0.2) is 10.1 Å². The van der Waals surface area contributed by atoms with Gasteiger partial charge in [-0.15, -0.1) is 0 Å². The highest BCUT2D eigenvalue weighted by atomic mass is 16.5. The third-order valence-corrected chi connectivity index (χ3v) is 3.25. The lowest BCUT2D eigenvalue weighted by Gasteiger charge is -2.20. The molecule has 4 heteroatoms. The standard InChI is InChI=1S/C14H19N3O/c1-4-11(15)12-16-13(17-18-12)14(2,3)10-8-6-5-7-9-10/h5-9,11H,4,15H2,1-3H3/t11-/m1/s1. The molecule has 1 aromatic carbocycles. The summed E-state index contributed by atoms with van der Waals surface area (Å²) in [6.07, 6.45) is 0.785. The summed E-state index contributed by atoms with van der Waals surface area (Å²) in [4.78, 5) is 4.43. The molecule has 2 N–H and O–H groups in total. The highest BCUT2D eigenvalue weighted by molar-refractivity contribution is 5.30. The van der Waals surface area contributed by atoms with E-state index >= 15 is 0 Å². The number of hydrogen-bond acceptors (Lipinski definition) is 4. The molecule has 0 spiro atoms. The number of hydrogen-bond donors (Lipinski definition) is 1. The van der Waals surface area contributed by atoms with E-state index in [1.165, 1.54) is 0 Å². The van der Waals surface area contributed by atoms with E-state index in [0.29, 0.717) is 11.7 Å². The quantitative estimate of drug-likeness (QED) is 0.899. The Labute approximate surface area is 107 Å². The van der Waals surface area contributed by atoms with Crippen molar-refractivity contribution in [2.75, 3.05) is 0 Å². The van der Waals surface area contributed by atoms with E-state index in [9.17, 15) is 0 Å². The topological polar surface area (TPSA) is 64.9 Å². The second kappa shape index (κ2) is 4.90. The first-order chi connectivity index (χ1) is 8.55. The van der Waals surface area contributed by atoms with Gasteiger partial charge in [0.15, 0.2) is 5.82 Å². The van der Waals surface area contributed by atoms with Crippen molar-refractivity contribution in [3.8, 4) is 0 Å². The second-order valence-corrected chi connectivity index (χ2v) is 4.96. The van der Waals surface area contributed by atoms with Crippen LogP contribution in [0.25, 0.3) is 0 Å². The van der Waals surface area contributed by atoms with Crippen molar-refractivity contribution in [2.24, 2.45) is 5.73 Å². The van der Waals surface area contributed by atoms with Gasteiger partial charge in [-0.3, -0.25) is 0 Å². The Morgan fingerprint density at radius 1 is 1.28 bits per heavy atom. The maximum atomic E-state index is 5.89. The monoisotopic (exact) mass is 245 g/mol. The molecular weight excluding hydrogens is 226 g/mol. The maximum absolute atomic E-state index is 5.89. The van der Waals surface area contributed by atoms with Crippen molar-refractivity contribution in [1.82, 2.24) is 10.1 Å². The predicted octanol–water partition coefficient (Wildman–Crippen LogP) is 2.81. The molecule has 1 heterocycles. The largest absolute Gasteiger partial charge is 0.338 e. The fourth-order valence-electron chi connectivity index (χ4n) is 1.80. The molecular formula is C14H19N3O. The first-order valence-electron chi connectivity index (χ1n) is 6.21. The molecule has 2 aromatic rings. The molecule has 2 rings (SSSR count). The zero-order chi connectivity index (χ0) is 13.2. The molecule has 0 saturated heterocycles. The minimum Gasteiger partial charge on any atom is -0.338 e. The van der Waals surface area contributed by atoms with Gasteiger partial charge in [0.2, 0.25) is 5.89 Å². The van der Waals surface area contributed by atoms with Crippen molar-refractivity contribution in [2.45, 2.75) is 38.6 Å². The Hall–Kier alpha value is -1.68. The smallest absolute Gasteiger partial charge is 0.243 e. The van der Waals surface area contributed by atoms with Gasteiger partial charge in [0, 0.05) is 0 Å². The van der Waals surface area contributed by atoms with E-state index < -0.39 is 0 Å². The van der Waals surface area contributed by atoms with Crippen LogP contribution in [0, 0.1) is 0 Å². The highest BCUT2D eigenvalue weighted by Gasteiger charge is 2.29. The maximum Gasteiger partial charge on any atom is 0.243 e. The predicted molar refractivity (Wildman–Crippen MR) is 70.1 cm³/mol. The summed E-state index contributed by atoms with van der Waals surface area (Å²) in [5.74, 6) is 1.18. The van der Waals surface area contributed by atoms with Gasteiger partial charge in [0.05, 0.1) is 11.5 Å². The summed E-state index contributed by atoms with van der Waals surface area (Å²) < 4.78 is 5.24. The molecule has 96 valence electrons. The number of rotatable bonds is 4. The molecule has 0 bridgehead atoms. The molecule has 0 aliphatic carbocycles. The van der Waals surface area contributed by atoms with Gasteiger partial charge >= 0.3 is 0 Å². The van der Waals surface area contributed by atoms with E-state index in [2.05, 4.69) is 36.1 Å². The number of nitrogens with two attached hydrogens (primary N) is 1. The first kappa shape index (κ1) is 12.8. The minimum atomic E-state index is -0.281. The van der Waals surface area contributed by atoms with Gasteiger partial charge in [-0.2, -0.15) is 4.98 Å². The summed E-state index contributed by atoms with van der Waals surface area (Å²) in [7, 11) is 0. The van der Waals surface area contributed by atoms with E-state index in [4.69, 9.17) is 10.3 Å². The molecule has 4 nitrogen and oxygen atoms in total. The van der Waals surface area contributed by atoms with Crippen LogP contribution in [0.3, 0.4) is 0 Å². The van der Waals surface area contributed by atoms with Crippen molar-refractivity contribution in [3.63, 3.8) is 0 Å². The van der Waals surface area contributed by atoms with Gasteiger partial charge < -0.3 is 10.3 Å². The Morgan fingerprint density at radius 2 is 1.94 bits per heavy atom. The molecule has 18 heavy (non-hydrogen) atoms. The summed E-state index contributed by atoms with van der Waals surface area (Å²) in [5.41, 5.74) is 6.77. The molecule has 0 aliphatic heterocycles. The van der Waals surface area contributed by atoms with Gasteiger partial charge in [0.25, 0.3) is 0 Å². The van der Waals surface area contributed by atoms with Gasteiger partial charge in [0.1, 0.15) is 0 Å². The van der Waals surface area contributed by atoms with E-state index in [-0.39, 0.29) is 11.5 Å². The third-order valence-electron chi connectivity index (χ3n) is 3.25. The van der Waals surface area contributed by atoms with Crippen LogP contribution >= 0.6 is 0 Å². The van der Waals surface area contributed by atoms with Crippen molar-refractivity contribution < 1.29 is 4.52 Å². The van der Waals surface area contributed by atoms with Crippen LogP contribution < -0.4 is 5.73 Å². The van der Waals surface area contributed by atoms with Crippen molar-refractivity contribution in [1.29, 1.82) is 0 Å². The minimum absolute atomic E-state index is 0.183. The zero-order valence-electron chi connectivity index (χ0n) is 11.1. The van der Waals surface area contributed by atoms with Crippen LogP contribution in [-0.2, 0) is 5.41 Å². The lowest BCUT2D eigenvalue weighted by molar-refractivity contribution is 0.343. The van der Waals surface area contributed by atoms with Gasteiger partial charge in [-0.1, -0.05) is 42.4 Å². The normalized spacial score (nSPS) is 13.6. The van der Waals surface area contributed by atoms with Crippen LogP contribution in [0.5, 0.6) is 0 Å². The lowest BCUT2D eigenvalue weighted by atomic mass is 9.84.